The van der Waals surface area contributed by atoms with E-state index >= 15 is 0 Å². The van der Waals surface area contributed by atoms with Crippen LogP contribution in [-0.4, -0.2) is 13.2 Å². The van der Waals surface area contributed by atoms with E-state index in [1.165, 1.54) is 7.11 Å². The molecule has 0 saturated heterocycles. The van der Waals surface area contributed by atoms with Gasteiger partial charge in [-0.25, -0.2) is 8.78 Å². The third-order valence-electron chi connectivity index (χ3n) is 2.60. The standard InChI is InChI=1S/C12H18F2N2O/c1-7(15)3-4-11(16)8-5-10(14)12(17-2)6-9(8)13/h5-7,11H,3-4,15-16H2,1-2H3. The van der Waals surface area contributed by atoms with E-state index in [1.807, 2.05) is 6.92 Å². The molecule has 4 N–H and O–H groups in total. The number of ether oxygens (including phenoxy) is 1. The Morgan fingerprint density at radius 2 is 1.82 bits per heavy atom. The largest absolute Gasteiger partial charge is 0.494 e. The van der Waals surface area contributed by atoms with Gasteiger partial charge in [-0.05, 0) is 25.8 Å². The summed E-state index contributed by atoms with van der Waals surface area (Å²) in [4.78, 5) is 0. The molecule has 1 rings (SSSR count). The molecule has 0 saturated carbocycles. The van der Waals surface area contributed by atoms with Crippen molar-refractivity contribution in [3.05, 3.63) is 29.3 Å². The van der Waals surface area contributed by atoms with Crippen LogP contribution in [0, 0.1) is 11.6 Å². The van der Waals surface area contributed by atoms with Crippen LogP contribution in [0.1, 0.15) is 31.4 Å². The molecule has 0 amide bonds. The van der Waals surface area contributed by atoms with Crippen molar-refractivity contribution in [2.75, 3.05) is 7.11 Å². The molecule has 5 heteroatoms. The van der Waals surface area contributed by atoms with E-state index in [2.05, 4.69) is 4.74 Å². The summed E-state index contributed by atoms with van der Waals surface area (Å²) >= 11 is 0. The molecule has 0 bridgehead atoms. The molecular weight excluding hydrogens is 226 g/mol. The fourth-order valence-electron chi connectivity index (χ4n) is 1.58. The highest BCUT2D eigenvalue weighted by Crippen LogP contribution is 2.26. The molecule has 2 atom stereocenters. The third kappa shape index (κ3) is 3.64. The van der Waals surface area contributed by atoms with Crippen LogP contribution in [0.2, 0.25) is 0 Å². The van der Waals surface area contributed by atoms with Crippen molar-refractivity contribution in [3.63, 3.8) is 0 Å². The van der Waals surface area contributed by atoms with Gasteiger partial charge in [0.15, 0.2) is 11.6 Å². The molecule has 0 radical (unpaired) electrons. The summed E-state index contributed by atoms with van der Waals surface area (Å²) in [6.07, 6.45) is 1.18. The van der Waals surface area contributed by atoms with Crippen molar-refractivity contribution in [2.24, 2.45) is 11.5 Å². The summed E-state index contributed by atoms with van der Waals surface area (Å²) in [7, 11) is 1.29. The number of nitrogens with two attached hydrogens (primary N) is 2. The lowest BCUT2D eigenvalue weighted by atomic mass is 10.00. The molecule has 1 aromatic rings. The minimum Gasteiger partial charge on any atom is -0.494 e. The molecule has 0 spiro atoms. The molecule has 1 aromatic carbocycles. The van der Waals surface area contributed by atoms with Gasteiger partial charge < -0.3 is 16.2 Å². The van der Waals surface area contributed by atoms with Crippen LogP contribution in [0.4, 0.5) is 8.78 Å². The van der Waals surface area contributed by atoms with E-state index < -0.39 is 17.7 Å². The van der Waals surface area contributed by atoms with Crippen LogP contribution in [0.3, 0.4) is 0 Å². The molecule has 0 aromatic heterocycles. The van der Waals surface area contributed by atoms with Crippen molar-refractivity contribution in [1.82, 2.24) is 0 Å². The van der Waals surface area contributed by atoms with E-state index in [0.717, 1.165) is 12.1 Å². The molecular formula is C12H18F2N2O. The van der Waals surface area contributed by atoms with Crippen LogP contribution in [0.15, 0.2) is 12.1 Å². The lowest BCUT2D eigenvalue weighted by molar-refractivity contribution is 0.380. The molecule has 0 aliphatic carbocycles. The van der Waals surface area contributed by atoms with E-state index in [0.29, 0.717) is 12.8 Å². The second-order valence-electron chi connectivity index (χ2n) is 4.17. The van der Waals surface area contributed by atoms with Crippen LogP contribution in [0.25, 0.3) is 0 Å². The first kappa shape index (κ1) is 13.9. The number of hydrogen-bond acceptors (Lipinski definition) is 3. The van der Waals surface area contributed by atoms with Crippen molar-refractivity contribution < 1.29 is 13.5 Å². The van der Waals surface area contributed by atoms with Gasteiger partial charge in [0.05, 0.1) is 7.11 Å². The van der Waals surface area contributed by atoms with Gasteiger partial charge in [-0.2, -0.15) is 0 Å². The van der Waals surface area contributed by atoms with Crippen molar-refractivity contribution >= 4 is 0 Å². The lowest BCUT2D eigenvalue weighted by Crippen LogP contribution is -2.19. The van der Waals surface area contributed by atoms with Gasteiger partial charge in [-0.15, -0.1) is 0 Å². The third-order valence-corrected chi connectivity index (χ3v) is 2.60. The smallest absolute Gasteiger partial charge is 0.165 e. The number of halogens is 2. The van der Waals surface area contributed by atoms with Crippen LogP contribution in [-0.2, 0) is 0 Å². The first-order valence-electron chi connectivity index (χ1n) is 5.49. The molecule has 0 fully saturated rings. The zero-order chi connectivity index (χ0) is 13.0. The monoisotopic (exact) mass is 244 g/mol. The summed E-state index contributed by atoms with van der Waals surface area (Å²) in [6, 6.07) is 1.53. The van der Waals surface area contributed by atoms with E-state index in [1.54, 1.807) is 0 Å². The van der Waals surface area contributed by atoms with E-state index in [4.69, 9.17) is 11.5 Å². The minimum absolute atomic E-state index is 0.00722. The lowest BCUT2D eigenvalue weighted by Gasteiger charge is -2.15. The average Bonchev–Trinajstić information content (AvgIpc) is 2.28. The zero-order valence-electron chi connectivity index (χ0n) is 10.0. The maximum absolute atomic E-state index is 13.6. The number of rotatable bonds is 5. The molecule has 0 heterocycles. The van der Waals surface area contributed by atoms with Gasteiger partial charge in [0, 0.05) is 23.7 Å². The molecule has 96 valence electrons. The Labute approximate surface area is 99.7 Å². The Morgan fingerprint density at radius 1 is 1.18 bits per heavy atom. The van der Waals surface area contributed by atoms with Gasteiger partial charge in [-0.3, -0.25) is 0 Å². The highest BCUT2D eigenvalue weighted by atomic mass is 19.1. The topological polar surface area (TPSA) is 61.3 Å². The van der Waals surface area contributed by atoms with Crippen molar-refractivity contribution in [3.8, 4) is 5.75 Å². The summed E-state index contributed by atoms with van der Waals surface area (Å²) in [6.45, 7) is 1.84. The normalized spacial score (nSPS) is 14.5. The molecule has 3 nitrogen and oxygen atoms in total. The maximum Gasteiger partial charge on any atom is 0.165 e. The van der Waals surface area contributed by atoms with Gasteiger partial charge in [-0.1, -0.05) is 0 Å². The average molecular weight is 244 g/mol. The molecule has 2 unspecified atom stereocenters. The summed E-state index contributed by atoms with van der Waals surface area (Å²) in [5, 5.41) is 0. The number of benzene rings is 1. The van der Waals surface area contributed by atoms with Gasteiger partial charge in [0.25, 0.3) is 0 Å². The fourth-order valence-corrected chi connectivity index (χ4v) is 1.58. The van der Waals surface area contributed by atoms with Crippen molar-refractivity contribution in [2.45, 2.75) is 31.8 Å². The first-order chi connectivity index (χ1) is 7.95. The Hall–Kier alpha value is -1.20. The number of methoxy groups -OCH3 is 1. The van der Waals surface area contributed by atoms with E-state index in [9.17, 15) is 8.78 Å². The van der Waals surface area contributed by atoms with E-state index in [-0.39, 0.29) is 17.4 Å². The summed E-state index contributed by atoms with van der Waals surface area (Å²) in [5.41, 5.74) is 11.5. The Bertz CT molecular complexity index is 383. The minimum atomic E-state index is -0.611. The SMILES string of the molecule is COc1cc(F)c(C(N)CCC(C)N)cc1F. The molecule has 0 aliphatic heterocycles. The highest BCUT2D eigenvalue weighted by molar-refractivity contribution is 5.32. The van der Waals surface area contributed by atoms with Gasteiger partial charge in [0.1, 0.15) is 5.82 Å². The van der Waals surface area contributed by atoms with Gasteiger partial charge >= 0.3 is 0 Å². The van der Waals surface area contributed by atoms with Crippen LogP contribution in [0.5, 0.6) is 5.75 Å². The second-order valence-corrected chi connectivity index (χ2v) is 4.17. The number of hydrogen-bond donors (Lipinski definition) is 2. The van der Waals surface area contributed by atoms with Crippen LogP contribution >= 0.6 is 0 Å². The maximum atomic E-state index is 13.6. The highest BCUT2D eigenvalue weighted by Gasteiger charge is 2.16. The Balaban J connectivity index is 2.86. The Kier molecular flexibility index (Phi) is 4.84. The van der Waals surface area contributed by atoms with Crippen LogP contribution < -0.4 is 16.2 Å². The fraction of sp³-hybridized carbons (Fsp3) is 0.500. The molecule has 17 heavy (non-hydrogen) atoms. The zero-order valence-corrected chi connectivity index (χ0v) is 10.0. The van der Waals surface area contributed by atoms with Crippen molar-refractivity contribution in [1.29, 1.82) is 0 Å². The predicted molar refractivity (Wildman–Crippen MR) is 62.7 cm³/mol. The second kappa shape index (κ2) is 5.93. The summed E-state index contributed by atoms with van der Waals surface area (Å²) in [5.74, 6) is -1.29. The predicted octanol–water partition coefficient (Wildman–Crippen LogP) is 2.10. The first-order valence-corrected chi connectivity index (χ1v) is 5.49. The Morgan fingerprint density at radius 3 is 2.35 bits per heavy atom. The quantitative estimate of drug-likeness (QED) is 0.833. The summed E-state index contributed by atoms with van der Waals surface area (Å²) < 4.78 is 31.7. The van der Waals surface area contributed by atoms with Gasteiger partial charge in [0.2, 0.25) is 0 Å². The molecule has 0 aliphatic rings.